The summed E-state index contributed by atoms with van der Waals surface area (Å²) in [6.45, 7) is 3.79. The van der Waals surface area contributed by atoms with E-state index in [9.17, 15) is 4.79 Å². The number of oxazole rings is 1. The molecule has 30 heavy (non-hydrogen) atoms. The number of likely N-dealkylation sites (N-methyl/N-ethyl adjacent to an activating group) is 1. The summed E-state index contributed by atoms with van der Waals surface area (Å²) in [6, 6.07) is 25.0. The molecule has 0 aliphatic carbocycles. The van der Waals surface area contributed by atoms with Gasteiger partial charge in [-0.1, -0.05) is 54.6 Å². The van der Waals surface area contributed by atoms with Crippen LogP contribution in [0.4, 0.5) is 0 Å². The molecule has 0 unspecified atom stereocenters. The first kappa shape index (κ1) is 20.1. The van der Waals surface area contributed by atoms with E-state index in [1.54, 1.807) is 0 Å². The largest absolute Gasteiger partial charge is 0.417 e. The highest BCUT2D eigenvalue weighted by Crippen LogP contribution is 2.24. The Morgan fingerprint density at radius 2 is 1.53 bits per heavy atom. The number of H-pyrrole nitrogens is 1. The number of aromatic amines is 1. The summed E-state index contributed by atoms with van der Waals surface area (Å²) < 4.78 is 5.22. The molecule has 0 amide bonds. The van der Waals surface area contributed by atoms with Gasteiger partial charge in [-0.05, 0) is 54.5 Å². The number of hydrogen-bond donors (Lipinski definition) is 1. The minimum absolute atomic E-state index is 0.423. The smallest absolute Gasteiger partial charge is 0.408 e. The second-order valence-electron chi connectivity index (χ2n) is 7.93. The summed E-state index contributed by atoms with van der Waals surface area (Å²) in [7, 11) is 4.22. The second kappa shape index (κ2) is 9.11. The van der Waals surface area contributed by atoms with Crippen LogP contribution >= 0.6 is 0 Å². The van der Waals surface area contributed by atoms with Gasteiger partial charge in [0.15, 0.2) is 5.58 Å². The van der Waals surface area contributed by atoms with Gasteiger partial charge in [-0.2, -0.15) is 0 Å². The van der Waals surface area contributed by atoms with E-state index in [0.29, 0.717) is 5.58 Å². The standard InChI is InChI=1S/C25H27N3O2/c1-27(2)13-14-28(17-19-7-4-3-5-8-19)18-20-9-6-10-21(15-20)22-11-12-23-24(16-22)30-25(29)26-23/h3-12,15-16H,13-14,17-18H2,1-2H3,(H,26,29). The summed E-state index contributed by atoms with van der Waals surface area (Å²) in [6.07, 6.45) is 0. The molecule has 1 aromatic heterocycles. The van der Waals surface area contributed by atoms with Crippen LogP contribution in [-0.2, 0) is 13.1 Å². The molecule has 0 radical (unpaired) electrons. The maximum atomic E-state index is 11.4. The van der Waals surface area contributed by atoms with Crippen molar-refractivity contribution >= 4 is 11.1 Å². The minimum Gasteiger partial charge on any atom is -0.408 e. The van der Waals surface area contributed by atoms with Crippen LogP contribution in [0.5, 0.6) is 0 Å². The van der Waals surface area contributed by atoms with Crippen LogP contribution in [0.1, 0.15) is 11.1 Å². The zero-order valence-corrected chi connectivity index (χ0v) is 17.5. The van der Waals surface area contributed by atoms with E-state index >= 15 is 0 Å². The van der Waals surface area contributed by atoms with Crippen molar-refractivity contribution in [1.29, 1.82) is 0 Å². The van der Waals surface area contributed by atoms with Crippen molar-refractivity contribution in [2.45, 2.75) is 13.1 Å². The van der Waals surface area contributed by atoms with Gasteiger partial charge in [0.25, 0.3) is 0 Å². The lowest BCUT2D eigenvalue weighted by atomic mass is 10.0. The highest BCUT2D eigenvalue weighted by atomic mass is 16.4. The summed E-state index contributed by atoms with van der Waals surface area (Å²) in [5.41, 5.74) is 6.04. The molecule has 1 N–H and O–H groups in total. The Bertz CT molecular complexity index is 1160. The summed E-state index contributed by atoms with van der Waals surface area (Å²) in [5, 5.41) is 0. The Kier molecular flexibility index (Phi) is 6.12. The van der Waals surface area contributed by atoms with Gasteiger partial charge in [-0.15, -0.1) is 0 Å². The third-order valence-electron chi connectivity index (χ3n) is 5.20. The lowest BCUT2D eigenvalue weighted by molar-refractivity contribution is 0.226. The molecule has 5 nitrogen and oxygen atoms in total. The van der Waals surface area contributed by atoms with Crippen molar-refractivity contribution in [1.82, 2.24) is 14.8 Å². The fraction of sp³-hybridized carbons (Fsp3) is 0.240. The first-order valence-electron chi connectivity index (χ1n) is 10.2. The highest BCUT2D eigenvalue weighted by molar-refractivity contribution is 5.80. The van der Waals surface area contributed by atoms with Gasteiger partial charge in [-0.25, -0.2) is 4.79 Å². The van der Waals surface area contributed by atoms with Crippen molar-refractivity contribution < 1.29 is 4.42 Å². The fourth-order valence-corrected chi connectivity index (χ4v) is 3.63. The molecule has 0 bridgehead atoms. The van der Waals surface area contributed by atoms with Crippen molar-refractivity contribution in [3.63, 3.8) is 0 Å². The van der Waals surface area contributed by atoms with Crippen LogP contribution in [0.3, 0.4) is 0 Å². The SMILES string of the molecule is CN(C)CCN(Cc1ccccc1)Cc1cccc(-c2ccc3[nH]c(=O)oc3c2)c1. The quantitative estimate of drug-likeness (QED) is 0.477. The number of nitrogens with one attached hydrogen (secondary N) is 1. The predicted octanol–water partition coefficient (Wildman–Crippen LogP) is 4.35. The van der Waals surface area contributed by atoms with E-state index in [1.807, 2.05) is 18.2 Å². The summed E-state index contributed by atoms with van der Waals surface area (Å²) in [5.74, 6) is -0.423. The van der Waals surface area contributed by atoms with Crippen molar-refractivity contribution in [2.75, 3.05) is 27.2 Å². The Morgan fingerprint density at radius 1 is 0.800 bits per heavy atom. The van der Waals surface area contributed by atoms with Gasteiger partial charge in [0.05, 0.1) is 5.52 Å². The van der Waals surface area contributed by atoms with Crippen molar-refractivity contribution in [2.24, 2.45) is 0 Å². The number of benzene rings is 3. The van der Waals surface area contributed by atoms with Gasteiger partial charge in [0.1, 0.15) is 0 Å². The van der Waals surface area contributed by atoms with E-state index in [-0.39, 0.29) is 0 Å². The van der Waals surface area contributed by atoms with E-state index in [2.05, 4.69) is 83.5 Å². The maximum absolute atomic E-state index is 11.4. The minimum atomic E-state index is -0.423. The molecular weight excluding hydrogens is 374 g/mol. The van der Waals surface area contributed by atoms with Gasteiger partial charge in [0.2, 0.25) is 0 Å². The lowest BCUT2D eigenvalue weighted by Gasteiger charge is -2.24. The van der Waals surface area contributed by atoms with Gasteiger partial charge < -0.3 is 9.32 Å². The molecule has 0 saturated carbocycles. The Morgan fingerprint density at radius 3 is 2.33 bits per heavy atom. The molecule has 0 aliphatic rings. The van der Waals surface area contributed by atoms with Crippen LogP contribution < -0.4 is 5.76 Å². The molecule has 0 atom stereocenters. The molecule has 4 aromatic rings. The second-order valence-corrected chi connectivity index (χ2v) is 7.93. The van der Waals surface area contributed by atoms with E-state index < -0.39 is 5.76 Å². The highest BCUT2D eigenvalue weighted by Gasteiger charge is 2.10. The molecule has 0 fully saturated rings. The molecule has 3 aromatic carbocycles. The monoisotopic (exact) mass is 401 g/mol. The normalized spacial score (nSPS) is 11.6. The molecule has 4 rings (SSSR count). The zero-order valence-electron chi connectivity index (χ0n) is 17.5. The van der Waals surface area contributed by atoms with Gasteiger partial charge in [0, 0.05) is 26.2 Å². The van der Waals surface area contributed by atoms with Crippen LogP contribution in [0.15, 0.2) is 82.0 Å². The maximum Gasteiger partial charge on any atom is 0.417 e. The fourth-order valence-electron chi connectivity index (χ4n) is 3.63. The van der Waals surface area contributed by atoms with E-state index in [1.165, 1.54) is 11.1 Å². The zero-order chi connectivity index (χ0) is 20.9. The van der Waals surface area contributed by atoms with Gasteiger partial charge in [-0.3, -0.25) is 9.88 Å². The molecule has 0 spiro atoms. The number of aromatic nitrogens is 1. The molecule has 1 heterocycles. The average Bonchev–Trinajstić information content (AvgIpc) is 3.12. The van der Waals surface area contributed by atoms with Crippen molar-refractivity contribution in [3.8, 4) is 11.1 Å². The number of fused-ring (bicyclic) bond motifs is 1. The number of rotatable bonds is 8. The third-order valence-corrected chi connectivity index (χ3v) is 5.20. The topological polar surface area (TPSA) is 52.5 Å². The lowest BCUT2D eigenvalue weighted by Crippen LogP contribution is -2.31. The summed E-state index contributed by atoms with van der Waals surface area (Å²) in [4.78, 5) is 18.8. The number of hydrogen-bond acceptors (Lipinski definition) is 4. The third kappa shape index (κ3) is 5.06. The molecule has 154 valence electrons. The first-order chi connectivity index (χ1) is 14.6. The number of nitrogens with zero attached hydrogens (tertiary/aromatic N) is 2. The Balaban J connectivity index is 1.56. The van der Waals surface area contributed by atoms with Crippen LogP contribution in [-0.4, -0.2) is 42.0 Å². The molecule has 0 saturated heterocycles. The van der Waals surface area contributed by atoms with E-state index in [4.69, 9.17) is 4.42 Å². The van der Waals surface area contributed by atoms with Gasteiger partial charge >= 0.3 is 5.76 Å². The van der Waals surface area contributed by atoms with Crippen LogP contribution in [0, 0.1) is 0 Å². The molecule has 5 heteroatoms. The van der Waals surface area contributed by atoms with Crippen LogP contribution in [0.2, 0.25) is 0 Å². The van der Waals surface area contributed by atoms with E-state index in [0.717, 1.165) is 42.8 Å². The average molecular weight is 402 g/mol. The van der Waals surface area contributed by atoms with Crippen molar-refractivity contribution in [3.05, 3.63) is 94.5 Å². The van der Waals surface area contributed by atoms with Crippen LogP contribution in [0.25, 0.3) is 22.2 Å². The Labute approximate surface area is 176 Å². The first-order valence-corrected chi connectivity index (χ1v) is 10.2. The predicted molar refractivity (Wildman–Crippen MR) is 121 cm³/mol. The Hall–Kier alpha value is -3.15. The molecule has 0 aliphatic heterocycles. The summed E-state index contributed by atoms with van der Waals surface area (Å²) >= 11 is 0. The molecular formula is C25H27N3O2.